The van der Waals surface area contributed by atoms with E-state index in [0.717, 1.165) is 27.8 Å². The summed E-state index contributed by atoms with van der Waals surface area (Å²) in [5.74, 6) is 0.672. The molecule has 182 valence electrons. The highest BCUT2D eigenvalue weighted by molar-refractivity contribution is 6.07. The molecule has 0 radical (unpaired) electrons. The summed E-state index contributed by atoms with van der Waals surface area (Å²) >= 11 is 0. The van der Waals surface area contributed by atoms with Gasteiger partial charge in [0.25, 0.3) is 5.91 Å². The van der Waals surface area contributed by atoms with Crippen LogP contribution in [0, 0.1) is 0 Å². The van der Waals surface area contributed by atoms with Gasteiger partial charge in [-0.2, -0.15) is 0 Å². The number of amides is 2. The number of nitrogens with zero attached hydrogens (tertiary/aromatic N) is 3. The predicted molar refractivity (Wildman–Crippen MR) is 139 cm³/mol. The van der Waals surface area contributed by atoms with E-state index < -0.39 is 0 Å². The number of nitrogens with one attached hydrogen (secondary N) is 1. The Morgan fingerprint density at radius 2 is 1.81 bits per heavy atom. The van der Waals surface area contributed by atoms with Crippen molar-refractivity contribution in [3.05, 3.63) is 90.3 Å². The Kier molecular flexibility index (Phi) is 6.89. The second kappa shape index (κ2) is 10.6. The van der Waals surface area contributed by atoms with Crippen molar-refractivity contribution in [3.8, 4) is 17.0 Å². The molecule has 1 aliphatic heterocycles. The highest BCUT2D eigenvalue weighted by Gasteiger charge is 2.25. The standard InChI is InChI=1S/C29H28N4O3/c1-36-27-11-5-2-7-20(27)17-28(34)33-15-12-22(13-16-33)31-29(35)24-18-26(21-8-6-14-30-19-21)32-25-10-4-3-9-23(24)25/h2-11,14,18-19,22H,12-13,15-17H2,1H3,(H,31,35). The molecule has 0 bridgehead atoms. The van der Waals surface area contributed by atoms with E-state index >= 15 is 0 Å². The van der Waals surface area contributed by atoms with Gasteiger partial charge in [-0.05, 0) is 43.2 Å². The van der Waals surface area contributed by atoms with Gasteiger partial charge in [-0.1, -0.05) is 36.4 Å². The van der Waals surface area contributed by atoms with Crippen LogP contribution in [0.1, 0.15) is 28.8 Å². The largest absolute Gasteiger partial charge is 0.496 e. The Bertz CT molecular complexity index is 1380. The fourth-order valence-electron chi connectivity index (χ4n) is 4.69. The molecular formula is C29H28N4O3. The minimum atomic E-state index is -0.127. The molecule has 36 heavy (non-hydrogen) atoms. The van der Waals surface area contributed by atoms with Crippen LogP contribution >= 0.6 is 0 Å². The number of rotatable bonds is 6. The van der Waals surface area contributed by atoms with Crippen LogP contribution in [-0.4, -0.2) is 52.9 Å². The molecule has 1 saturated heterocycles. The van der Waals surface area contributed by atoms with Gasteiger partial charge in [0, 0.05) is 48.0 Å². The number of piperidine rings is 1. The third kappa shape index (κ3) is 5.05. The van der Waals surface area contributed by atoms with Crippen LogP contribution in [0.4, 0.5) is 0 Å². The normalized spacial score (nSPS) is 14.0. The number of carbonyl (C=O) groups is 2. The summed E-state index contributed by atoms with van der Waals surface area (Å²) in [6.07, 6.45) is 5.19. The number of para-hydroxylation sites is 2. The molecule has 1 fully saturated rings. The minimum Gasteiger partial charge on any atom is -0.496 e. The van der Waals surface area contributed by atoms with Crippen molar-refractivity contribution >= 4 is 22.7 Å². The van der Waals surface area contributed by atoms with Crippen LogP contribution in [0.2, 0.25) is 0 Å². The van der Waals surface area contributed by atoms with Gasteiger partial charge < -0.3 is 15.0 Å². The monoisotopic (exact) mass is 480 g/mol. The maximum atomic E-state index is 13.4. The van der Waals surface area contributed by atoms with E-state index in [9.17, 15) is 9.59 Å². The van der Waals surface area contributed by atoms with E-state index in [1.165, 1.54) is 0 Å². The van der Waals surface area contributed by atoms with E-state index in [0.29, 0.717) is 43.6 Å². The summed E-state index contributed by atoms with van der Waals surface area (Å²) in [5, 5.41) is 4.01. The van der Waals surface area contributed by atoms with Crippen molar-refractivity contribution in [1.29, 1.82) is 0 Å². The number of methoxy groups -OCH3 is 1. The number of fused-ring (bicyclic) bond motifs is 1. The summed E-state index contributed by atoms with van der Waals surface area (Å²) in [4.78, 5) is 37.1. The minimum absolute atomic E-state index is 0.00146. The second-order valence-electron chi connectivity index (χ2n) is 8.93. The quantitative estimate of drug-likeness (QED) is 0.446. The molecule has 3 heterocycles. The lowest BCUT2D eigenvalue weighted by Crippen LogP contribution is -2.47. The average Bonchev–Trinajstić information content (AvgIpc) is 2.93. The third-order valence-electron chi connectivity index (χ3n) is 6.64. The van der Waals surface area contributed by atoms with E-state index in [1.807, 2.05) is 71.6 Å². The Morgan fingerprint density at radius 3 is 2.58 bits per heavy atom. The SMILES string of the molecule is COc1ccccc1CC(=O)N1CCC(NC(=O)c2cc(-c3cccnc3)nc3ccccc23)CC1. The molecule has 0 spiro atoms. The Morgan fingerprint density at radius 1 is 1.03 bits per heavy atom. The predicted octanol–water partition coefficient (Wildman–Crippen LogP) is 4.27. The van der Waals surface area contributed by atoms with Crippen LogP contribution in [0.25, 0.3) is 22.2 Å². The van der Waals surface area contributed by atoms with Crippen molar-refractivity contribution in [2.24, 2.45) is 0 Å². The van der Waals surface area contributed by atoms with Crippen LogP contribution in [0.15, 0.2) is 79.1 Å². The zero-order valence-electron chi connectivity index (χ0n) is 20.2. The molecule has 0 aliphatic carbocycles. The number of benzene rings is 2. The average molecular weight is 481 g/mol. The highest BCUT2D eigenvalue weighted by atomic mass is 16.5. The van der Waals surface area contributed by atoms with Crippen molar-refractivity contribution < 1.29 is 14.3 Å². The molecule has 4 aromatic rings. The van der Waals surface area contributed by atoms with Gasteiger partial charge in [0.2, 0.25) is 5.91 Å². The fourth-order valence-corrected chi connectivity index (χ4v) is 4.69. The Hall–Kier alpha value is -4.26. The van der Waals surface area contributed by atoms with Crippen LogP contribution in [0.5, 0.6) is 5.75 Å². The summed E-state index contributed by atoms with van der Waals surface area (Å²) in [5.41, 5.74) is 3.81. The first-order valence-electron chi connectivity index (χ1n) is 12.1. The Balaban J connectivity index is 1.26. The lowest BCUT2D eigenvalue weighted by Gasteiger charge is -2.32. The van der Waals surface area contributed by atoms with E-state index in [4.69, 9.17) is 9.72 Å². The lowest BCUT2D eigenvalue weighted by atomic mass is 10.0. The lowest BCUT2D eigenvalue weighted by molar-refractivity contribution is -0.131. The van der Waals surface area contributed by atoms with Gasteiger partial charge in [0.15, 0.2) is 0 Å². The maximum absolute atomic E-state index is 13.4. The summed E-state index contributed by atoms with van der Waals surface area (Å²) < 4.78 is 5.38. The number of ether oxygens (including phenoxy) is 1. The summed E-state index contributed by atoms with van der Waals surface area (Å²) in [6.45, 7) is 1.22. The van der Waals surface area contributed by atoms with E-state index in [2.05, 4.69) is 10.3 Å². The van der Waals surface area contributed by atoms with Gasteiger partial charge >= 0.3 is 0 Å². The number of likely N-dealkylation sites (tertiary alicyclic amines) is 1. The first kappa shape index (κ1) is 23.5. The smallest absolute Gasteiger partial charge is 0.252 e. The summed E-state index contributed by atoms with van der Waals surface area (Å²) in [6, 6.07) is 20.9. The molecule has 1 N–H and O–H groups in total. The maximum Gasteiger partial charge on any atom is 0.252 e. The first-order valence-corrected chi connectivity index (χ1v) is 12.1. The van der Waals surface area contributed by atoms with Crippen LogP contribution in [-0.2, 0) is 11.2 Å². The molecular weight excluding hydrogens is 452 g/mol. The molecule has 2 aromatic carbocycles. The van der Waals surface area contributed by atoms with Crippen molar-refractivity contribution in [2.75, 3.05) is 20.2 Å². The number of aromatic nitrogens is 2. The highest BCUT2D eigenvalue weighted by Crippen LogP contribution is 2.25. The summed E-state index contributed by atoms with van der Waals surface area (Å²) in [7, 11) is 1.61. The molecule has 0 saturated carbocycles. The zero-order chi connectivity index (χ0) is 24.9. The Labute approximate surface area is 210 Å². The van der Waals surface area contributed by atoms with E-state index in [-0.39, 0.29) is 17.9 Å². The molecule has 7 nitrogen and oxygen atoms in total. The number of pyridine rings is 2. The third-order valence-corrected chi connectivity index (χ3v) is 6.64. The number of carbonyl (C=O) groups excluding carboxylic acids is 2. The molecule has 0 atom stereocenters. The van der Waals surface area contributed by atoms with Gasteiger partial charge in [0.05, 0.1) is 30.3 Å². The number of hydrogen-bond donors (Lipinski definition) is 1. The van der Waals surface area contributed by atoms with E-state index in [1.54, 1.807) is 19.5 Å². The van der Waals surface area contributed by atoms with Gasteiger partial charge in [0.1, 0.15) is 5.75 Å². The second-order valence-corrected chi connectivity index (χ2v) is 8.93. The van der Waals surface area contributed by atoms with Crippen LogP contribution < -0.4 is 10.1 Å². The first-order chi connectivity index (χ1) is 17.6. The molecule has 7 heteroatoms. The molecule has 1 aliphatic rings. The van der Waals surface area contributed by atoms with Crippen molar-refractivity contribution in [3.63, 3.8) is 0 Å². The van der Waals surface area contributed by atoms with Gasteiger partial charge in [-0.3, -0.25) is 14.6 Å². The van der Waals surface area contributed by atoms with Gasteiger partial charge in [-0.15, -0.1) is 0 Å². The van der Waals surface area contributed by atoms with Gasteiger partial charge in [-0.25, -0.2) is 4.98 Å². The topological polar surface area (TPSA) is 84.4 Å². The zero-order valence-corrected chi connectivity index (χ0v) is 20.2. The molecule has 0 unspecified atom stereocenters. The molecule has 5 rings (SSSR count). The fraction of sp³-hybridized carbons (Fsp3) is 0.241. The molecule has 2 amide bonds. The van der Waals surface area contributed by atoms with Crippen molar-refractivity contribution in [2.45, 2.75) is 25.3 Å². The molecule has 2 aromatic heterocycles. The van der Waals surface area contributed by atoms with Crippen LogP contribution in [0.3, 0.4) is 0 Å². The number of hydrogen-bond acceptors (Lipinski definition) is 5. The van der Waals surface area contributed by atoms with Crippen molar-refractivity contribution in [1.82, 2.24) is 20.2 Å².